The third kappa shape index (κ3) is 3.96. The number of benzene rings is 3. The van der Waals surface area contributed by atoms with Gasteiger partial charge in [0.25, 0.3) is 0 Å². The second-order valence-electron chi connectivity index (χ2n) is 8.49. The molecule has 1 aliphatic rings. The Bertz CT molecular complexity index is 1210. The second-order valence-corrected chi connectivity index (χ2v) is 8.49. The number of hydrogen-bond donors (Lipinski definition) is 1. The molecular weight excluding hydrogens is 396 g/mol. The van der Waals surface area contributed by atoms with E-state index in [0.29, 0.717) is 24.6 Å². The number of aromatic hydroxyl groups is 1. The van der Waals surface area contributed by atoms with Gasteiger partial charge in [0.05, 0.1) is 6.20 Å². The highest BCUT2D eigenvalue weighted by atomic mass is 16.3. The third-order valence-electron chi connectivity index (χ3n) is 6.53. The Hall–Kier alpha value is -3.66. The van der Waals surface area contributed by atoms with Crippen molar-refractivity contribution in [1.82, 2.24) is 9.78 Å². The Balaban J connectivity index is 1.50. The van der Waals surface area contributed by atoms with E-state index in [2.05, 4.69) is 65.8 Å². The van der Waals surface area contributed by atoms with Crippen molar-refractivity contribution >= 4 is 6.29 Å². The van der Waals surface area contributed by atoms with E-state index in [9.17, 15) is 9.90 Å². The fraction of sp³-hybridized carbons (Fsp3) is 0.214. The van der Waals surface area contributed by atoms with Crippen LogP contribution in [-0.4, -0.2) is 21.2 Å². The zero-order chi connectivity index (χ0) is 21.9. The molecule has 4 heteroatoms. The summed E-state index contributed by atoms with van der Waals surface area (Å²) in [7, 11) is 0. The number of aromatic nitrogens is 2. The summed E-state index contributed by atoms with van der Waals surface area (Å²) in [4.78, 5) is 10.6. The summed E-state index contributed by atoms with van der Waals surface area (Å²) >= 11 is 0. The molecule has 0 fully saturated rings. The lowest BCUT2D eigenvalue weighted by atomic mass is 9.69. The molecule has 4 aromatic rings. The molecule has 32 heavy (non-hydrogen) atoms. The van der Waals surface area contributed by atoms with Gasteiger partial charge in [-0.3, -0.25) is 4.68 Å². The topological polar surface area (TPSA) is 55.1 Å². The van der Waals surface area contributed by atoms with Crippen molar-refractivity contribution in [1.29, 1.82) is 0 Å². The molecule has 1 heterocycles. The van der Waals surface area contributed by atoms with Gasteiger partial charge in [0.1, 0.15) is 12.0 Å². The Morgan fingerprint density at radius 3 is 2.56 bits per heavy atom. The molecule has 2 unspecified atom stereocenters. The highest BCUT2D eigenvalue weighted by molar-refractivity contribution is 5.63. The largest absolute Gasteiger partial charge is 0.508 e. The van der Waals surface area contributed by atoms with Crippen LogP contribution in [0.15, 0.2) is 85.2 Å². The predicted octanol–water partition coefficient (Wildman–Crippen LogP) is 5.71. The van der Waals surface area contributed by atoms with E-state index in [1.807, 2.05) is 23.1 Å². The number of aldehydes is 1. The van der Waals surface area contributed by atoms with Crippen molar-refractivity contribution in [2.45, 2.75) is 37.6 Å². The van der Waals surface area contributed by atoms with Crippen LogP contribution in [0, 0.1) is 0 Å². The fourth-order valence-electron chi connectivity index (χ4n) is 4.98. The smallest absolute Gasteiger partial charge is 0.121 e. The summed E-state index contributed by atoms with van der Waals surface area (Å²) in [5.74, 6) is 0.971. The van der Waals surface area contributed by atoms with Gasteiger partial charge in [0, 0.05) is 30.6 Å². The number of carbonyl (C=O) groups is 1. The summed E-state index contributed by atoms with van der Waals surface area (Å²) < 4.78 is 1.81. The highest BCUT2D eigenvalue weighted by Crippen LogP contribution is 2.47. The van der Waals surface area contributed by atoms with Crippen LogP contribution < -0.4 is 0 Å². The quantitative estimate of drug-likeness (QED) is 0.405. The first-order chi connectivity index (χ1) is 15.7. The molecule has 160 valence electrons. The number of nitrogens with zero attached hydrogens (tertiary/aromatic N) is 2. The minimum absolute atomic E-state index is 0.242. The van der Waals surface area contributed by atoms with Crippen molar-refractivity contribution in [2.24, 2.45) is 0 Å². The number of fused-ring (bicyclic) bond motifs is 1. The Morgan fingerprint density at radius 2 is 1.78 bits per heavy atom. The van der Waals surface area contributed by atoms with Crippen molar-refractivity contribution in [3.63, 3.8) is 0 Å². The number of aryl methyl sites for hydroxylation is 2. The maximum atomic E-state index is 10.6. The summed E-state index contributed by atoms with van der Waals surface area (Å²) in [6, 6.07) is 25.3. The molecule has 1 N–H and O–H groups in total. The molecule has 0 saturated carbocycles. The Labute approximate surface area is 188 Å². The van der Waals surface area contributed by atoms with Gasteiger partial charge in [-0.1, -0.05) is 60.7 Å². The molecule has 3 aromatic carbocycles. The van der Waals surface area contributed by atoms with Crippen LogP contribution in [0.1, 0.15) is 46.9 Å². The normalized spacial score (nSPS) is 17.6. The highest BCUT2D eigenvalue weighted by Gasteiger charge is 2.32. The molecule has 0 amide bonds. The van der Waals surface area contributed by atoms with E-state index in [4.69, 9.17) is 0 Å². The van der Waals surface area contributed by atoms with Gasteiger partial charge in [-0.15, -0.1) is 0 Å². The van der Waals surface area contributed by atoms with Gasteiger partial charge in [-0.2, -0.15) is 5.10 Å². The van der Waals surface area contributed by atoms with E-state index in [1.165, 1.54) is 22.3 Å². The molecule has 1 aliphatic carbocycles. The van der Waals surface area contributed by atoms with Crippen molar-refractivity contribution in [2.75, 3.05) is 0 Å². The zero-order valence-electron chi connectivity index (χ0n) is 17.9. The molecule has 0 saturated heterocycles. The van der Waals surface area contributed by atoms with Gasteiger partial charge in [-0.25, -0.2) is 0 Å². The van der Waals surface area contributed by atoms with Crippen LogP contribution in [0.4, 0.5) is 0 Å². The van der Waals surface area contributed by atoms with Gasteiger partial charge in [0.2, 0.25) is 0 Å². The Kier molecular flexibility index (Phi) is 5.59. The summed E-state index contributed by atoms with van der Waals surface area (Å²) in [6.07, 6.45) is 7.25. The molecule has 4 nitrogen and oxygen atoms in total. The lowest BCUT2D eigenvalue weighted by Gasteiger charge is -2.35. The third-order valence-corrected chi connectivity index (χ3v) is 6.53. The van der Waals surface area contributed by atoms with E-state index in [-0.39, 0.29) is 5.92 Å². The first-order valence-electron chi connectivity index (χ1n) is 11.2. The standard InChI is InChI=1S/C28H26N2O2/c31-16-4-15-30-19-24(18-29-30)20-7-9-22(10-8-20)28-26(21-5-2-1-3-6-21)13-11-23-17-25(32)12-14-27(23)28/h1-3,5-10,12,14,16-19,26,28,32H,4,11,13,15H2. The van der Waals surface area contributed by atoms with Gasteiger partial charge < -0.3 is 9.90 Å². The van der Waals surface area contributed by atoms with Crippen LogP contribution >= 0.6 is 0 Å². The van der Waals surface area contributed by atoms with Crippen LogP contribution in [0.2, 0.25) is 0 Å². The lowest BCUT2D eigenvalue weighted by Crippen LogP contribution is -2.20. The molecule has 0 radical (unpaired) electrons. The zero-order valence-corrected chi connectivity index (χ0v) is 17.9. The number of hydrogen-bond acceptors (Lipinski definition) is 3. The van der Waals surface area contributed by atoms with E-state index in [0.717, 1.165) is 30.3 Å². The molecular formula is C28H26N2O2. The van der Waals surface area contributed by atoms with Crippen LogP contribution in [0.25, 0.3) is 11.1 Å². The summed E-state index contributed by atoms with van der Waals surface area (Å²) in [6.45, 7) is 0.603. The minimum atomic E-state index is 0.242. The number of rotatable bonds is 6. The first kappa shape index (κ1) is 20.3. The molecule has 0 aliphatic heterocycles. The van der Waals surface area contributed by atoms with E-state index >= 15 is 0 Å². The summed E-state index contributed by atoms with van der Waals surface area (Å²) in [5, 5.41) is 14.4. The van der Waals surface area contributed by atoms with Gasteiger partial charge in [0.15, 0.2) is 0 Å². The van der Waals surface area contributed by atoms with Gasteiger partial charge in [-0.05, 0) is 58.7 Å². The molecule has 0 bridgehead atoms. The lowest BCUT2D eigenvalue weighted by molar-refractivity contribution is -0.108. The fourth-order valence-corrected chi connectivity index (χ4v) is 4.98. The van der Waals surface area contributed by atoms with Crippen molar-refractivity contribution in [3.8, 4) is 16.9 Å². The Morgan fingerprint density at radius 1 is 0.969 bits per heavy atom. The molecule has 0 spiro atoms. The average Bonchev–Trinajstić information content (AvgIpc) is 3.31. The first-order valence-corrected chi connectivity index (χ1v) is 11.2. The minimum Gasteiger partial charge on any atom is -0.508 e. The molecule has 5 rings (SSSR count). The van der Waals surface area contributed by atoms with Crippen LogP contribution in [-0.2, 0) is 17.8 Å². The SMILES string of the molecule is O=CCCn1cc(-c2ccc(C3c4ccc(O)cc4CCC3c3ccccc3)cc2)cn1. The number of phenols is 1. The average molecular weight is 423 g/mol. The summed E-state index contributed by atoms with van der Waals surface area (Å²) in [5.41, 5.74) is 7.35. The van der Waals surface area contributed by atoms with Crippen LogP contribution in [0.3, 0.4) is 0 Å². The monoisotopic (exact) mass is 422 g/mol. The predicted molar refractivity (Wildman–Crippen MR) is 126 cm³/mol. The van der Waals surface area contributed by atoms with Crippen LogP contribution in [0.5, 0.6) is 5.75 Å². The van der Waals surface area contributed by atoms with Gasteiger partial charge >= 0.3 is 0 Å². The second kappa shape index (κ2) is 8.83. The molecule has 1 aromatic heterocycles. The number of carbonyl (C=O) groups excluding carboxylic acids is 1. The number of phenolic OH excluding ortho intramolecular Hbond substituents is 1. The van der Waals surface area contributed by atoms with E-state index in [1.54, 1.807) is 6.07 Å². The maximum Gasteiger partial charge on any atom is 0.121 e. The van der Waals surface area contributed by atoms with Crippen molar-refractivity contribution in [3.05, 3.63) is 107 Å². The molecule has 2 atom stereocenters. The van der Waals surface area contributed by atoms with E-state index < -0.39 is 0 Å². The van der Waals surface area contributed by atoms with Crippen molar-refractivity contribution < 1.29 is 9.90 Å². The maximum absolute atomic E-state index is 10.6.